The predicted octanol–water partition coefficient (Wildman–Crippen LogP) is 0.850. The van der Waals surface area contributed by atoms with E-state index in [4.69, 9.17) is 0 Å². The molecule has 0 aromatic carbocycles. The third kappa shape index (κ3) is 1.84. The van der Waals surface area contributed by atoms with Gasteiger partial charge in [-0.15, -0.1) is 11.8 Å². The van der Waals surface area contributed by atoms with Crippen LogP contribution in [0.15, 0.2) is 29.7 Å². The fourth-order valence-corrected chi connectivity index (χ4v) is 2.88. The normalized spacial score (nSPS) is 23.1. The monoisotopic (exact) mass is 246 g/mol. The molecule has 3 heterocycles. The first kappa shape index (κ1) is 10.5. The van der Waals surface area contributed by atoms with E-state index in [-0.39, 0.29) is 11.2 Å². The molecule has 2 aliphatic heterocycles. The lowest BCUT2D eigenvalue weighted by atomic mass is 10.1. The van der Waals surface area contributed by atoms with Gasteiger partial charge in [0, 0.05) is 29.1 Å². The van der Waals surface area contributed by atoms with Gasteiger partial charge in [-0.25, -0.2) is 0 Å². The number of thioether (sulfide) groups is 1. The van der Waals surface area contributed by atoms with Gasteiger partial charge in [0.2, 0.25) is 5.91 Å². The summed E-state index contributed by atoms with van der Waals surface area (Å²) in [5, 5.41) is 10.2. The number of nitrogens with one attached hydrogen (secondary N) is 1. The molecule has 0 saturated carbocycles. The van der Waals surface area contributed by atoms with Crippen LogP contribution in [0, 0.1) is 0 Å². The van der Waals surface area contributed by atoms with Crippen molar-refractivity contribution in [1.82, 2.24) is 15.5 Å². The molecule has 3 rings (SSSR count). The topological polar surface area (TPSA) is 67.2 Å². The molecular weight excluding hydrogens is 236 g/mol. The number of carbonyl (C=O) groups excluding carboxylic acids is 1. The molecule has 5 nitrogen and oxygen atoms in total. The summed E-state index contributed by atoms with van der Waals surface area (Å²) >= 11 is 1.56. The van der Waals surface area contributed by atoms with Crippen molar-refractivity contribution in [3.63, 3.8) is 0 Å². The van der Waals surface area contributed by atoms with Gasteiger partial charge in [0.25, 0.3) is 0 Å². The zero-order valence-electron chi connectivity index (χ0n) is 9.01. The Labute approximate surface area is 102 Å². The van der Waals surface area contributed by atoms with Gasteiger partial charge in [-0.1, -0.05) is 6.58 Å². The van der Waals surface area contributed by atoms with Gasteiger partial charge in [0.1, 0.15) is 5.25 Å². The van der Waals surface area contributed by atoms with Crippen molar-refractivity contribution >= 4 is 29.1 Å². The Morgan fingerprint density at radius 2 is 2.24 bits per heavy atom. The smallest absolute Gasteiger partial charge is 0.243 e. The molecule has 1 saturated heterocycles. The molecule has 6 heteroatoms. The second kappa shape index (κ2) is 3.96. The number of aromatic nitrogens is 2. The van der Waals surface area contributed by atoms with Crippen LogP contribution in [-0.2, 0) is 11.2 Å². The molecular formula is C11H10N4OS. The average molecular weight is 246 g/mol. The van der Waals surface area contributed by atoms with Crippen LogP contribution in [0.4, 0.5) is 5.69 Å². The number of hydrogen-bond acceptors (Lipinski definition) is 5. The highest BCUT2D eigenvalue weighted by Crippen LogP contribution is 2.30. The molecule has 1 amide bonds. The van der Waals surface area contributed by atoms with Crippen LogP contribution in [-0.4, -0.2) is 32.8 Å². The van der Waals surface area contributed by atoms with Gasteiger partial charge in [-0.2, -0.15) is 10.2 Å². The van der Waals surface area contributed by atoms with Crippen molar-refractivity contribution in [3.05, 3.63) is 30.2 Å². The summed E-state index contributed by atoms with van der Waals surface area (Å²) in [6.07, 6.45) is 4.02. The minimum absolute atomic E-state index is 0.0290. The maximum absolute atomic E-state index is 11.8. The quantitative estimate of drug-likeness (QED) is 0.797. The van der Waals surface area contributed by atoms with Crippen LogP contribution in [0.5, 0.6) is 0 Å². The van der Waals surface area contributed by atoms with E-state index < -0.39 is 0 Å². The number of nitrogens with zero attached hydrogens (tertiary/aromatic N) is 3. The van der Waals surface area contributed by atoms with E-state index >= 15 is 0 Å². The molecule has 1 unspecified atom stereocenters. The molecule has 86 valence electrons. The highest BCUT2D eigenvalue weighted by molar-refractivity contribution is 8.01. The van der Waals surface area contributed by atoms with E-state index in [2.05, 4.69) is 27.1 Å². The van der Waals surface area contributed by atoms with E-state index in [1.54, 1.807) is 24.2 Å². The summed E-state index contributed by atoms with van der Waals surface area (Å²) in [6, 6.07) is 0. The standard InChI is InChI=1S/C11H10N4OS/c1-6-5-17-10(11(16)14-6)8-2-7-3-12-13-4-9(7)15-8/h3-4,10H,1-2,5H2,(H,14,16). The molecule has 0 spiro atoms. The fraction of sp³-hybridized carbons (Fsp3) is 0.273. The number of rotatable bonds is 1. The minimum atomic E-state index is -0.215. The Balaban J connectivity index is 1.84. The van der Waals surface area contributed by atoms with Gasteiger partial charge in [-0.3, -0.25) is 9.79 Å². The summed E-state index contributed by atoms with van der Waals surface area (Å²) in [5.41, 5.74) is 3.50. The SMILES string of the molecule is C=C1CSC(C2=Nc3cnncc3C2)C(=O)N1. The number of fused-ring (bicyclic) bond motifs is 1. The van der Waals surface area contributed by atoms with E-state index in [0.29, 0.717) is 6.42 Å². The number of carbonyl (C=O) groups is 1. The summed E-state index contributed by atoms with van der Waals surface area (Å²) in [6.45, 7) is 3.75. The molecule has 0 radical (unpaired) electrons. The number of amides is 1. The van der Waals surface area contributed by atoms with Gasteiger partial charge in [-0.05, 0) is 0 Å². The number of aliphatic imine (C=N–C) groups is 1. The average Bonchev–Trinajstić information content (AvgIpc) is 2.72. The van der Waals surface area contributed by atoms with E-state index in [1.165, 1.54) is 0 Å². The van der Waals surface area contributed by atoms with Crippen molar-refractivity contribution in [2.24, 2.45) is 4.99 Å². The summed E-state index contributed by atoms with van der Waals surface area (Å²) in [7, 11) is 0. The summed E-state index contributed by atoms with van der Waals surface area (Å²) < 4.78 is 0. The largest absolute Gasteiger partial charge is 0.328 e. The Bertz CT molecular complexity index is 540. The summed E-state index contributed by atoms with van der Waals surface area (Å²) in [5.74, 6) is 0.709. The maximum Gasteiger partial charge on any atom is 0.243 e. The second-order valence-electron chi connectivity index (χ2n) is 3.96. The van der Waals surface area contributed by atoms with E-state index in [1.807, 2.05) is 0 Å². The number of hydrogen-bond donors (Lipinski definition) is 1. The van der Waals surface area contributed by atoms with Crippen LogP contribution < -0.4 is 5.32 Å². The lowest BCUT2D eigenvalue weighted by Crippen LogP contribution is -2.42. The Hall–Kier alpha value is -1.69. The van der Waals surface area contributed by atoms with Crippen LogP contribution in [0.25, 0.3) is 0 Å². The molecule has 17 heavy (non-hydrogen) atoms. The fourth-order valence-electron chi connectivity index (χ4n) is 1.90. The first-order valence-corrected chi connectivity index (χ1v) is 6.26. The first-order valence-electron chi connectivity index (χ1n) is 5.21. The van der Waals surface area contributed by atoms with Gasteiger partial charge >= 0.3 is 0 Å². The van der Waals surface area contributed by atoms with Crippen LogP contribution >= 0.6 is 11.8 Å². The molecule has 1 aromatic rings. The molecule has 1 aromatic heterocycles. The van der Waals surface area contributed by atoms with Crippen molar-refractivity contribution in [2.75, 3.05) is 5.75 Å². The van der Waals surface area contributed by atoms with Gasteiger partial charge < -0.3 is 5.32 Å². The van der Waals surface area contributed by atoms with Crippen molar-refractivity contribution in [1.29, 1.82) is 0 Å². The highest BCUT2D eigenvalue weighted by atomic mass is 32.2. The van der Waals surface area contributed by atoms with Crippen molar-refractivity contribution < 1.29 is 4.79 Å². The summed E-state index contributed by atoms with van der Waals surface area (Å²) in [4.78, 5) is 16.3. The second-order valence-corrected chi connectivity index (χ2v) is 5.06. The Morgan fingerprint density at radius 1 is 1.41 bits per heavy atom. The van der Waals surface area contributed by atoms with Crippen LogP contribution in [0.3, 0.4) is 0 Å². The molecule has 0 aliphatic carbocycles. The molecule has 0 bridgehead atoms. The molecule has 1 N–H and O–H groups in total. The third-order valence-electron chi connectivity index (χ3n) is 2.69. The highest BCUT2D eigenvalue weighted by Gasteiger charge is 2.32. The molecule has 1 fully saturated rings. The minimum Gasteiger partial charge on any atom is -0.328 e. The van der Waals surface area contributed by atoms with Crippen molar-refractivity contribution in [2.45, 2.75) is 11.7 Å². The zero-order valence-corrected chi connectivity index (χ0v) is 9.83. The third-order valence-corrected chi connectivity index (χ3v) is 4.02. The Kier molecular flexibility index (Phi) is 2.44. The van der Waals surface area contributed by atoms with Gasteiger partial charge in [0.15, 0.2) is 0 Å². The lowest BCUT2D eigenvalue weighted by molar-refractivity contribution is -0.118. The molecule has 1 atom stereocenters. The maximum atomic E-state index is 11.8. The van der Waals surface area contributed by atoms with Crippen LogP contribution in [0.2, 0.25) is 0 Å². The van der Waals surface area contributed by atoms with E-state index in [9.17, 15) is 4.79 Å². The lowest BCUT2D eigenvalue weighted by Gasteiger charge is -2.22. The first-order chi connectivity index (χ1) is 8.24. The Morgan fingerprint density at radius 3 is 3.00 bits per heavy atom. The molecule has 2 aliphatic rings. The van der Waals surface area contributed by atoms with Gasteiger partial charge in [0.05, 0.1) is 18.1 Å². The van der Waals surface area contributed by atoms with E-state index in [0.717, 1.165) is 28.4 Å². The zero-order chi connectivity index (χ0) is 11.8. The van der Waals surface area contributed by atoms with Crippen molar-refractivity contribution in [3.8, 4) is 0 Å². The van der Waals surface area contributed by atoms with Crippen LogP contribution in [0.1, 0.15) is 5.56 Å². The predicted molar refractivity (Wildman–Crippen MR) is 66.4 cm³/mol.